The van der Waals surface area contributed by atoms with E-state index in [1.807, 2.05) is 12.1 Å². The normalized spacial score (nSPS) is 56.6. The Labute approximate surface area is 287 Å². The zero-order chi connectivity index (χ0) is 31.3. The van der Waals surface area contributed by atoms with E-state index in [4.69, 9.17) is 0 Å². The van der Waals surface area contributed by atoms with E-state index >= 15 is 0 Å². The molecule has 13 rings (SSSR count). The van der Waals surface area contributed by atoms with Gasteiger partial charge in [-0.05, 0) is 230 Å². The molecule has 11 aliphatic rings. The van der Waals surface area contributed by atoms with Crippen LogP contribution >= 0.6 is 0 Å². The number of phenolic OH excluding ortho intramolecular Hbond substituents is 2. The van der Waals surface area contributed by atoms with Gasteiger partial charge in [0, 0.05) is 5.41 Å². The predicted molar refractivity (Wildman–Crippen MR) is 187 cm³/mol. The molecule has 0 heterocycles. The predicted octanol–water partition coefficient (Wildman–Crippen LogP) is 9.90. The van der Waals surface area contributed by atoms with Crippen molar-refractivity contribution in [2.24, 2.45) is 101 Å². The molecule has 2 N–H and O–H groups in total. The number of fused-ring (bicyclic) bond motifs is 27. The van der Waals surface area contributed by atoms with Crippen molar-refractivity contribution in [3.8, 4) is 11.5 Å². The van der Waals surface area contributed by atoms with E-state index in [1.165, 1.54) is 75.3 Å². The van der Waals surface area contributed by atoms with E-state index in [1.54, 1.807) is 31.2 Å². The topological polar surface area (TPSA) is 40.5 Å². The third-order valence-corrected chi connectivity index (χ3v) is 20.1. The van der Waals surface area contributed by atoms with Crippen LogP contribution in [0.1, 0.15) is 107 Å². The Morgan fingerprint density at radius 3 is 2.04 bits per heavy atom. The van der Waals surface area contributed by atoms with Crippen molar-refractivity contribution in [1.82, 2.24) is 0 Å². The van der Waals surface area contributed by atoms with Gasteiger partial charge in [-0.15, -0.1) is 0 Å². The highest BCUT2D eigenvalue weighted by Gasteiger charge is 2.73. The molecule has 0 aliphatic heterocycles. The Morgan fingerprint density at radius 2 is 1.29 bits per heavy atom. The molecule has 19 unspecified atom stereocenters. The van der Waals surface area contributed by atoms with Crippen molar-refractivity contribution in [3.63, 3.8) is 0 Å². The second-order valence-corrected chi connectivity index (χ2v) is 20.8. The van der Waals surface area contributed by atoms with Gasteiger partial charge in [0.05, 0.1) is 0 Å². The first-order chi connectivity index (χ1) is 23.5. The SMILES string of the molecule is Oc1cccc(C2(CC3CC4CC3C3C5CC(C6CCCC65)C43)Cc3cc(O)ccc3C3(CC4CC3C3C5CC(C6CCCC65)C43)C2)c1. The van der Waals surface area contributed by atoms with Crippen LogP contribution in [-0.2, 0) is 17.3 Å². The monoisotopic (exact) mass is 640 g/mol. The molecule has 8 bridgehead atoms. The van der Waals surface area contributed by atoms with Crippen LogP contribution in [0, 0.1) is 101 Å². The number of phenols is 2. The van der Waals surface area contributed by atoms with Gasteiger partial charge in [-0.3, -0.25) is 0 Å². The summed E-state index contributed by atoms with van der Waals surface area (Å²) in [5.41, 5.74) is 4.81. The van der Waals surface area contributed by atoms with E-state index in [0.29, 0.717) is 11.5 Å². The van der Waals surface area contributed by atoms with Gasteiger partial charge in [0.1, 0.15) is 11.5 Å². The number of hydrogen-bond donors (Lipinski definition) is 2. The largest absolute Gasteiger partial charge is 0.508 e. The highest BCUT2D eigenvalue weighted by Crippen LogP contribution is 2.79. The van der Waals surface area contributed by atoms with Gasteiger partial charge in [-0.2, -0.15) is 0 Å². The Balaban J connectivity index is 0.919. The maximum atomic E-state index is 11.0. The molecule has 0 radical (unpaired) electrons. The van der Waals surface area contributed by atoms with Gasteiger partial charge < -0.3 is 10.2 Å². The molecule has 1 spiro atoms. The Kier molecular flexibility index (Phi) is 5.25. The minimum Gasteiger partial charge on any atom is -0.508 e. The van der Waals surface area contributed by atoms with Gasteiger partial charge >= 0.3 is 0 Å². The number of aromatic hydroxyl groups is 2. The van der Waals surface area contributed by atoms with E-state index in [2.05, 4.69) is 30.3 Å². The maximum absolute atomic E-state index is 11.0. The first kappa shape index (κ1) is 27.7. The summed E-state index contributed by atoms with van der Waals surface area (Å²) in [5, 5.41) is 22.1. The smallest absolute Gasteiger partial charge is 0.115 e. The molecular weight excluding hydrogens is 585 g/mol. The van der Waals surface area contributed by atoms with E-state index < -0.39 is 0 Å². The van der Waals surface area contributed by atoms with Crippen LogP contribution in [-0.4, -0.2) is 10.2 Å². The molecule has 0 amide bonds. The molecule has 10 fully saturated rings. The number of rotatable bonds is 3. The summed E-state index contributed by atoms with van der Waals surface area (Å²) in [6.07, 6.45) is 21.8. The zero-order valence-electron chi connectivity index (χ0n) is 28.9. The van der Waals surface area contributed by atoms with Crippen molar-refractivity contribution in [3.05, 3.63) is 59.2 Å². The van der Waals surface area contributed by atoms with Crippen LogP contribution < -0.4 is 0 Å². The number of benzene rings is 2. The number of hydrogen-bond acceptors (Lipinski definition) is 2. The first-order valence-electron chi connectivity index (χ1n) is 21.1. The van der Waals surface area contributed by atoms with Crippen molar-refractivity contribution in [1.29, 1.82) is 0 Å². The Hall–Kier alpha value is -1.96. The van der Waals surface area contributed by atoms with Crippen LogP contribution in [0.15, 0.2) is 42.5 Å². The van der Waals surface area contributed by atoms with Gasteiger partial charge in [-0.25, -0.2) is 0 Å². The van der Waals surface area contributed by atoms with Crippen LogP contribution in [0.2, 0.25) is 0 Å². The fraction of sp³-hybridized carbons (Fsp3) is 0.739. The van der Waals surface area contributed by atoms with E-state index in [9.17, 15) is 10.2 Å². The lowest BCUT2D eigenvalue weighted by Crippen LogP contribution is -2.53. The van der Waals surface area contributed by atoms with Crippen molar-refractivity contribution in [2.75, 3.05) is 0 Å². The molecular formula is C46H56O2. The van der Waals surface area contributed by atoms with E-state index in [-0.39, 0.29) is 10.8 Å². The van der Waals surface area contributed by atoms with Crippen LogP contribution in [0.25, 0.3) is 0 Å². The zero-order valence-corrected chi connectivity index (χ0v) is 28.9. The fourth-order valence-electron chi connectivity index (χ4n) is 19.8. The highest BCUT2D eigenvalue weighted by atomic mass is 16.3. The van der Waals surface area contributed by atoms with Gasteiger partial charge in [-0.1, -0.05) is 31.0 Å². The standard InChI is InChI=1S/C46H56O2/c47-28-5-1-4-27(16-28)45(19-24-12-23-14-34(24)43-37-17-35(41(23)43)30-6-2-8-32(30)37)20-25-13-29(48)10-11-39(25)46(22-45)21-26-15-40(46)44-38-18-36(42(26)44)31-7-3-9-33(31)38/h1,4-5,10-11,13,16,23-24,26,30-38,40-44,47-48H,2-3,6-9,12,14-15,17-22H2. The fourth-order valence-corrected chi connectivity index (χ4v) is 19.8. The third kappa shape index (κ3) is 3.19. The lowest BCUT2D eigenvalue weighted by Gasteiger charge is -2.57. The summed E-state index contributed by atoms with van der Waals surface area (Å²) in [5.74, 6) is 17.9. The lowest BCUT2D eigenvalue weighted by atomic mass is 9.47. The van der Waals surface area contributed by atoms with Gasteiger partial charge in [0.15, 0.2) is 0 Å². The third-order valence-electron chi connectivity index (χ3n) is 20.1. The average Bonchev–Trinajstić information content (AvgIpc) is 3.91. The second kappa shape index (κ2) is 9.09. The average molecular weight is 641 g/mol. The minimum atomic E-state index is 0.0468. The molecule has 2 aromatic rings. The molecule has 2 heteroatoms. The van der Waals surface area contributed by atoms with E-state index in [0.717, 1.165) is 107 Å². The molecule has 10 saturated carbocycles. The molecule has 2 aromatic carbocycles. The summed E-state index contributed by atoms with van der Waals surface area (Å²) in [4.78, 5) is 0. The van der Waals surface area contributed by atoms with Crippen molar-refractivity contribution < 1.29 is 10.2 Å². The quantitative estimate of drug-likeness (QED) is 0.328. The summed E-state index contributed by atoms with van der Waals surface area (Å²) in [7, 11) is 0. The highest BCUT2D eigenvalue weighted by molar-refractivity contribution is 5.50. The van der Waals surface area contributed by atoms with Crippen LogP contribution in [0.3, 0.4) is 0 Å². The van der Waals surface area contributed by atoms with Gasteiger partial charge in [0.2, 0.25) is 0 Å². The van der Waals surface area contributed by atoms with Crippen LogP contribution in [0.5, 0.6) is 11.5 Å². The lowest BCUT2D eigenvalue weighted by molar-refractivity contribution is 0.00542. The first-order valence-corrected chi connectivity index (χ1v) is 21.1. The minimum absolute atomic E-state index is 0.0468. The Bertz CT molecular complexity index is 1710. The molecule has 11 aliphatic carbocycles. The summed E-state index contributed by atoms with van der Waals surface area (Å²) < 4.78 is 0. The second-order valence-electron chi connectivity index (χ2n) is 20.8. The van der Waals surface area contributed by atoms with Gasteiger partial charge in [0.25, 0.3) is 0 Å². The van der Waals surface area contributed by atoms with Crippen molar-refractivity contribution in [2.45, 2.75) is 107 Å². The summed E-state index contributed by atoms with van der Waals surface area (Å²) >= 11 is 0. The molecule has 19 atom stereocenters. The molecule has 252 valence electrons. The maximum Gasteiger partial charge on any atom is 0.115 e. The van der Waals surface area contributed by atoms with Crippen LogP contribution in [0.4, 0.5) is 0 Å². The molecule has 2 nitrogen and oxygen atoms in total. The van der Waals surface area contributed by atoms with Crippen molar-refractivity contribution >= 4 is 0 Å². The summed E-state index contributed by atoms with van der Waals surface area (Å²) in [6.45, 7) is 0. The Morgan fingerprint density at radius 1 is 0.604 bits per heavy atom. The summed E-state index contributed by atoms with van der Waals surface area (Å²) in [6, 6.07) is 15.3. The molecule has 0 aromatic heterocycles. The molecule has 48 heavy (non-hydrogen) atoms. The molecule has 0 saturated heterocycles.